The number of nitrogens with zero attached hydrogens (tertiary/aromatic N) is 3. The highest BCUT2D eigenvalue weighted by atomic mass is 16.2. The second-order valence-electron chi connectivity index (χ2n) is 6.21. The van der Waals surface area contributed by atoms with Crippen molar-refractivity contribution in [2.24, 2.45) is 11.8 Å². The fourth-order valence-corrected chi connectivity index (χ4v) is 2.97. The molecule has 2 unspecified atom stereocenters. The van der Waals surface area contributed by atoms with E-state index in [4.69, 9.17) is 0 Å². The van der Waals surface area contributed by atoms with Crippen molar-refractivity contribution in [2.45, 2.75) is 39.2 Å². The SMILES string of the molecule is CCN1CC(C(=O)NC(c2nccc(C)n2)C2CC2)CC1=O. The number of nitrogens with one attached hydrogen (secondary N) is 1. The Balaban J connectivity index is 1.69. The van der Waals surface area contributed by atoms with Crippen molar-refractivity contribution >= 4 is 11.8 Å². The van der Waals surface area contributed by atoms with E-state index < -0.39 is 0 Å². The fraction of sp³-hybridized carbons (Fsp3) is 0.625. The second kappa shape index (κ2) is 6.02. The van der Waals surface area contributed by atoms with Gasteiger partial charge in [-0.15, -0.1) is 0 Å². The molecule has 2 aliphatic rings. The lowest BCUT2D eigenvalue weighted by atomic mass is 10.1. The quantitative estimate of drug-likeness (QED) is 0.887. The zero-order chi connectivity index (χ0) is 15.7. The standard InChI is InChI=1S/C16H22N4O2/c1-3-20-9-12(8-13(20)21)16(22)19-14(11-4-5-11)15-17-7-6-10(2)18-15/h6-7,11-12,14H,3-5,8-9H2,1-2H3,(H,19,22). The van der Waals surface area contributed by atoms with Gasteiger partial charge in [0.25, 0.3) is 0 Å². The van der Waals surface area contributed by atoms with Crippen LogP contribution in [-0.2, 0) is 9.59 Å². The van der Waals surface area contributed by atoms with E-state index in [2.05, 4.69) is 15.3 Å². The molecular weight excluding hydrogens is 280 g/mol. The van der Waals surface area contributed by atoms with Crippen molar-refractivity contribution in [1.29, 1.82) is 0 Å². The molecule has 0 spiro atoms. The molecule has 1 saturated carbocycles. The summed E-state index contributed by atoms with van der Waals surface area (Å²) >= 11 is 0. The minimum absolute atomic E-state index is 0.0497. The highest BCUT2D eigenvalue weighted by molar-refractivity contribution is 5.89. The number of aromatic nitrogens is 2. The molecule has 2 amide bonds. The molecule has 2 heterocycles. The molecule has 3 rings (SSSR count). The van der Waals surface area contributed by atoms with E-state index in [1.54, 1.807) is 11.1 Å². The van der Waals surface area contributed by atoms with Crippen LogP contribution in [0.4, 0.5) is 0 Å². The number of rotatable bonds is 5. The van der Waals surface area contributed by atoms with Gasteiger partial charge < -0.3 is 10.2 Å². The van der Waals surface area contributed by atoms with Gasteiger partial charge in [-0.25, -0.2) is 9.97 Å². The summed E-state index contributed by atoms with van der Waals surface area (Å²) in [6.07, 6.45) is 4.22. The van der Waals surface area contributed by atoms with E-state index in [1.807, 2.05) is 19.9 Å². The average molecular weight is 302 g/mol. The Morgan fingerprint density at radius 2 is 2.27 bits per heavy atom. The van der Waals surface area contributed by atoms with Crippen LogP contribution in [0.1, 0.15) is 43.7 Å². The van der Waals surface area contributed by atoms with Crippen LogP contribution >= 0.6 is 0 Å². The Hall–Kier alpha value is -1.98. The zero-order valence-electron chi connectivity index (χ0n) is 13.1. The van der Waals surface area contributed by atoms with Crippen LogP contribution in [0.15, 0.2) is 12.3 Å². The largest absolute Gasteiger partial charge is 0.345 e. The number of carbonyl (C=O) groups is 2. The van der Waals surface area contributed by atoms with Gasteiger partial charge >= 0.3 is 0 Å². The van der Waals surface area contributed by atoms with Crippen molar-refractivity contribution in [3.8, 4) is 0 Å². The van der Waals surface area contributed by atoms with E-state index in [0.717, 1.165) is 18.5 Å². The van der Waals surface area contributed by atoms with Crippen LogP contribution in [0.25, 0.3) is 0 Å². The predicted octanol–water partition coefficient (Wildman–Crippen LogP) is 1.22. The summed E-state index contributed by atoms with van der Waals surface area (Å²) in [5.41, 5.74) is 0.901. The van der Waals surface area contributed by atoms with Crippen molar-refractivity contribution in [1.82, 2.24) is 20.2 Å². The molecule has 1 aliphatic heterocycles. The lowest BCUT2D eigenvalue weighted by Gasteiger charge is -2.20. The van der Waals surface area contributed by atoms with Crippen LogP contribution in [-0.4, -0.2) is 39.8 Å². The van der Waals surface area contributed by atoms with E-state index in [1.165, 1.54) is 0 Å². The smallest absolute Gasteiger partial charge is 0.226 e. The summed E-state index contributed by atoms with van der Waals surface area (Å²) in [5, 5.41) is 3.09. The molecule has 2 fully saturated rings. The first-order valence-corrected chi connectivity index (χ1v) is 7.96. The molecule has 1 aromatic heterocycles. The lowest BCUT2D eigenvalue weighted by molar-refractivity contribution is -0.129. The molecule has 2 atom stereocenters. The summed E-state index contributed by atoms with van der Waals surface area (Å²) in [7, 11) is 0. The Bertz CT molecular complexity index is 585. The van der Waals surface area contributed by atoms with Gasteiger partial charge in [-0.05, 0) is 38.7 Å². The molecule has 0 bridgehead atoms. The molecule has 6 nitrogen and oxygen atoms in total. The van der Waals surface area contributed by atoms with Crippen molar-refractivity contribution in [3.05, 3.63) is 23.8 Å². The molecule has 1 saturated heterocycles. The second-order valence-corrected chi connectivity index (χ2v) is 6.21. The number of likely N-dealkylation sites (tertiary alicyclic amines) is 1. The van der Waals surface area contributed by atoms with Gasteiger partial charge in [0.2, 0.25) is 11.8 Å². The Morgan fingerprint density at radius 1 is 1.50 bits per heavy atom. The highest BCUT2D eigenvalue weighted by Gasteiger charge is 2.39. The molecule has 22 heavy (non-hydrogen) atoms. The van der Waals surface area contributed by atoms with E-state index in [0.29, 0.717) is 31.3 Å². The maximum Gasteiger partial charge on any atom is 0.226 e. The van der Waals surface area contributed by atoms with Gasteiger partial charge in [0.1, 0.15) is 0 Å². The number of amides is 2. The van der Waals surface area contributed by atoms with Crippen molar-refractivity contribution < 1.29 is 9.59 Å². The molecule has 1 aromatic rings. The van der Waals surface area contributed by atoms with Gasteiger partial charge in [-0.1, -0.05) is 0 Å². The molecule has 0 aromatic carbocycles. The van der Waals surface area contributed by atoms with E-state index in [9.17, 15) is 9.59 Å². The number of hydrogen-bond acceptors (Lipinski definition) is 4. The maximum atomic E-state index is 12.5. The Kier molecular flexibility index (Phi) is 4.09. The van der Waals surface area contributed by atoms with Crippen LogP contribution in [0.3, 0.4) is 0 Å². The average Bonchev–Trinajstić information content (AvgIpc) is 3.26. The predicted molar refractivity (Wildman–Crippen MR) is 80.7 cm³/mol. The molecule has 6 heteroatoms. The third kappa shape index (κ3) is 3.10. The van der Waals surface area contributed by atoms with E-state index in [-0.39, 0.29) is 23.8 Å². The third-order valence-corrected chi connectivity index (χ3v) is 4.45. The minimum Gasteiger partial charge on any atom is -0.345 e. The number of carbonyl (C=O) groups excluding carboxylic acids is 2. The summed E-state index contributed by atoms with van der Waals surface area (Å²) in [6, 6.07) is 1.72. The lowest BCUT2D eigenvalue weighted by Crippen LogP contribution is -2.37. The van der Waals surface area contributed by atoms with Crippen LogP contribution < -0.4 is 5.32 Å². The van der Waals surface area contributed by atoms with Crippen LogP contribution in [0.5, 0.6) is 0 Å². The van der Waals surface area contributed by atoms with Crippen molar-refractivity contribution in [2.75, 3.05) is 13.1 Å². The molecule has 0 radical (unpaired) electrons. The first kappa shape index (κ1) is 14.9. The third-order valence-electron chi connectivity index (χ3n) is 4.45. The van der Waals surface area contributed by atoms with Gasteiger partial charge in [-0.2, -0.15) is 0 Å². The van der Waals surface area contributed by atoms with Gasteiger partial charge in [0.05, 0.1) is 12.0 Å². The zero-order valence-corrected chi connectivity index (χ0v) is 13.1. The van der Waals surface area contributed by atoms with Crippen molar-refractivity contribution in [3.63, 3.8) is 0 Å². The monoisotopic (exact) mass is 302 g/mol. The first-order valence-electron chi connectivity index (χ1n) is 7.96. The van der Waals surface area contributed by atoms with Crippen LogP contribution in [0, 0.1) is 18.8 Å². The summed E-state index contributed by atoms with van der Waals surface area (Å²) < 4.78 is 0. The van der Waals surface area contributed by atoms with Gasteiger partial charge in [0, 0.05) is 31.4 Å². The number of aryl methyl sites for hydroxylation is 1. The maximum absolute atomic E-state index is 12.5. The van der Waals surface area contributed by atoms with Gasteiger partial charge in [0.15, 0.2) is 5.82 Å². The summed E-state index contributed by atoms with van der Waals surface area (Å²) in [4.78, 5) is 34.8. The van der Waals surface area contributed by atoms with Gasteiger partial charge in [-0.3, -0.25) is 9.59 Å². The Labute approximate surface area is 130 Å². The first-order chi connectivity index (χ1) is 10.6. The highest BCUT2D eigenvalue weighted by Crippen LogP contribution is 2.40. The van der Waals surface area contributed by atoms with Crippen LogP contribution in [0.2, 0.25) is 0 Å². The molecule has 1 N–H and O–H groups in total. The molecule has 118 valence electrons. The minimum atomic E-state index is -0.251. The summed E-state index contributed by atoms with van der Waals surface area (Å²) in [5.74, 6) is 0.875. The number of hydrogen-bond donors (Lipinski definition) is 1. The molecule has 1 aliphatic carbocycles. The Morgan fingerprint density at radius 3 is 2.86 bits per heavy atom. The fourth-order valence-electron chi connectivity index (χ4n) is 2.97. The summed E-state index contributed by atoms with van der Waals surface area (Å²) in [6.45, 7) is 5.04. The normalized spacial score (nSPS) is 22.7. The molecular formula is C16H22N4O2. The topological polar surface area (TPSA) is 75.2 Å². The van der Waals surface area contributed by atoms with E-state index >= 15 is 0 Å².